The van der Waals surface area contributed by atoms with E-state index in [0.717, 1.165) is 25.7 Å². The molecule has 1 aromatic rings. The predicted molar refractivity (Wildman–Crippen MR) is 85.5 cm³/mol. The second-order valence-electron chi connectivity index (χ2n) is 5.31. The molecule has 2 atom stereocenters. The van der Waals surface area contributed by atoms with Crippen LogP contribution in [0.1, 0.15) is 25.7 Å². The number of sulfonamides is 1. The van der Waals surface area contributed by atoms with E-state index in [9.17, 15) is 18.5 Å². The zero-order valence-electron chi connectivity index (χ0n) is 12.0. The van der Waals surface area contributed by atoms with Gasteiger partial charge < -0.3 is 5.73 Å². The van der Waals surface area contributed by atoms with Crippen LogP contribution in [-0.2, 0) is 10.0 Å². The summed E-state index contributed by atoms with van der Waals surface area (Å²) >= 11 is 0. The Balaban J connectivity index is 0.00000242. The van der Waals surface area contributed by atoms with Crippen molar-refractivity contribution < 1.29 is 13.3 Å². The Morgan fingerprint density at radius 1 is 1.23 bits per heavy atom. The van der Waals surface area contributed by atoms with Gasteiger partial charge >= 0.3 is 0 Å². The maximum atomic E-state index is 12.1. The highest BCUT2D eigenvalue weighted by atomic mass is 35.5. The molecule has 0 saturated heterocycles. The molecule has 1 saturated carbocycles. The average Bonchev–Trinajstić information content (AvgIpc) is 2.46. The zero-order valence-corrected chi connectivity index (χ0v) is 13.6. The number of hydrogen-bond acceptors (Lipinski definition) is 5. The van der Waals surface area contributed by atoms with Crippen LogP contribution in [0, 0.1) is 16.0 Å². The lowest BCUT2D eigenvalue weighted by Gasteiger charge is -2.28. The van der Waals surface area contributed by atoms with Gasteiger partial charge in [-0.05, 0) is 30.9 Å². The lowest BCUT2D eigenvalue weighted by Crippen LogP contribution is -2.41. The smallest absolute Gasteiger partial charge is 0.269 e. The first-order valence-electron chi connectivity index (χ1n) is 6.90. The van der Waals surface area contributed by atoms with Crippen molar-refractivity contribution in [3.8, 4) is 0 Å². The molecular formula is C13H20ClN3O4S. The minimum atomic E-state index is -3.65. The highest BCUT2D eigenvalue weighted by molar-refractivity contribution is 7.89. The summed E-state index contributed by atoms with van der Waals surface area (Å²) < 4.78 is 26.8. The lowest BCUT2D eigenvalue weighted by atomic mass is 9.85. The first-order valence-corrected chi connectivity index (χ1v) is 8.38. The van der Waals surface area contributed by atoms with Gasteiger partial charge in [-0.3, -0.25) is 10.1 Å². The second kappa shape index (κ2) is 7.87. The highest BCUT2D eigenvalue weighted by Crippen LogP contribution is 2.23. The number of hydrogen-bond donors (Lipinski definition) is 2. The molecule has 2 rings (SSSR count). The number of halogens is 1. The Bertz CT molecular complexity index is 606. The Labute approximate surface area is 135 Å². The van der Waals surface area contributed by atoms with Crippen LogP contribution in [0.4, 0.5) is 5.69 Å². The summed E-state index contributed by atoms with van der Waals surface area (Å²) in [6, 6.07) is 4.86. The molecule has 3 N–H and O–H groups in total. The molecule has 0 bridgehead atoms. The highest BCUT2D eigenvalue weighted by Gasteiger charge is 2.24. The number of nitro benzene ring substituents is 1. The summed E-state index contributed by atoms with van der Waals surface area (Å²) in [5, 5.41) is 10.6. The molecule has 1 aromatic carbocycles. The standard InChI is InChI=1S/C13H19N3O4S.ClH/c14-13-4-2-1-3-10(13)9-15-21(19,20)12-7-5-11(6-8-12)16(17)18;/h5-8,10,13,15H,1-4,9,14H2;1H. The fourth-order valence-corrected chi connectivity index (χ4v) is 3.63. The molecule has 0 aromatic heterocycles. The number of non-ortho nitro benzene ring substituents is 1. The van der Waals surface area contributed by atoms with Crippen LogP contribution in [0.25, 0.3) is 0 Å². The summed E-state index contributed by atoms with van der Waals surface area (Å²) in [7, 11) is -3.65. The lowest BCUT2D eigenvalue weighted by molar-refractivity contribution is -0.384. The fraction of sp³-hybridized carbons (Fsp3) is 0.538. The molecule has 124 valence electrons. The number of nitrogens with zero attached hydrogens (tertiary/aromatic N) is 1. The van der Waals surface area contributed by atoms with Crippen LogP contribution in [0.3, 0.4) is 0 Å². The first kappa shape index (κ1) is 18.8. The van der Waals surface area contributed by atoms with Crippen molar-refractivity contribution in [3.05, 3.63) is 34.4 Å². The van der Waals surface area contributed by atoms with Gasteiger partial charge in [0.25, 0.3) is 5.69 Å². The van der Waals surface area contributed by atoms with Gasteiger partial charge in [-0.2, -0.15) is 0 Å². The molecular weight excluding hydrogens is 330 g/mol. The van der Waals surface area contributed by atoms with Crippen LogP contribution < -0.4 is 10.5 Å². The van der Waals surface area contributed by atoms with Crippen molar-refractivity contribution in [2.45, 2.75) is 36.6 Å². The fourth-order valence-electron chi connectivity index (χ4n) is 2.54. The third-order valence-corrected chi connectivity index (χ3v) is 5.30. The van der Waals surface area contributed by atoms with E-state index in [1.54, 1.807) is 0 Å². The maximum absolute atomic E-state index is 12.1. The van der Waals surface area contributed by atoms with Crippen molar-refractivity contribution in [3.63, 3.8) is 0 Å². The molecule has 7 nitrogen and oxygen atoms in total. The van der Waals surface area contributed by atoms with Crippen molar-refractivity contribution in [2.75, 3.05) is 6.54 Å². The topological polar surface area (TPSA) is 115 Å². The van der Waals surface area contributed by atoms with Gasteiger partial charge in [0.05, 0.1) is 9.82 Å². The van der Waals surface area contributed by atoms with Crippen LogP contribution in [0.15, 0.2) is 29.2 Å². The quantitative estimate of drug-likeness (QED) is 0.621. The molecule has 0 amide bonds. The number of nitrogens with two attached hydrogens (primary N) is 1. The normalized spacial score (nSPS) is 21.9. The van der Waals surface area contributed by atoms with Gasteiger partial charge in [0.1, 0.15) is 0 Å². The van der Waals surface area contributed by atoms with Crippen LogP contribution in [0.5, 0.6) is 0 Å². The van der Waals surface area contributed by atoms with E-state index in [4.69, 9.17) is 5.73 Å². The third-order valence-electron chi connectivity index (χ3n) is 3.86. The van der Waals surface area contributed by atoms with Gasteiger partial charge in [-0.15, -0.1) is 12.4 Å². The van der Waals surface area contributed by atoms with Crippen molar-refractivity contribution in [2.24, 2.45) is 11.7 Å². The van der Waals surface area contributed by atoms with E-state index in [1.165, 1.54) is 24.3 Å². The van der Waals surface area contributed by atoms with Gasteiger partial charge in [0, 0.05) is 24.7 Å². The van der Waals surface area contributed by atoms with E-state index < -0.39 is 14.9 Å². The number of nitrogens with one attached hydrogen (secondary N) is 1. The van der Waals surface area contributed by atoms with Crippen molar-refractivity contribution in [1.82, 2.24) is 4.72 Å². The van der Waals surface area contributed by atoms with Gasteiger partial charge in [-0.25, -0.2) is 13.1 Å². The van der Waals surface area contributed by atoms with E-state index >= 15 is 0 Å². The zero-order chi connectivity index (χ0) is 15.5. The van der Waals surface area contributed by atoms with E-state index in [0.29, 0.717) is 6.54 Å². The number of benzene rings is 1. The van der Waals surface area contributed by atoms with Crippen LogP contribution >= 0.6 is 12.4 Å². The van der Waals surface area contributed by atoms with Crippen molar-refractivity contribution in [1.29, 1.82) is 0 Å². The van der Waals surface area contributed by atoms with Gasteiger partial charge in [-0.1, -0.05) is 12.8 Å². The van der Waals surface area contributed by atoms with Gasteiger partial charge in [0.15, 0.2) is 0 Å². The summed E-state index contributed by atoms with van der Waals surface area (Å²) in [5.74, 6) is 0.145. The number of rotatable bonds is 5. The molecule has 1 aliphatic rings. The SMILES string of the molecule is Cl.NC1CCCCC1CNS(=O)(=O)c1ccc([N+](=O)[O-])cc1. The van der Waals surface area contributed by atoms with E-state index in [-0.39, 0.29) is 34.9 Å². The Hall–Kier alpha value is -1.22. The molecule has 1 fully saturated rings. The van der Waals surface area contributed by atoms with Crippen LogP contribution in [-0.4, -0.2) is 25.9 Å². The Kier molecular flexibility index (Phi) is 6.73. The summed E-state index contributed by atoms with van der Waals surface area (Å²) in [6.07, 6.45) is 4.00. The largest absolute Gasteiger partial charge is 0.327 e. The van der Waals surface area contributed by atoms with E-state index in [2.05, 4.69) is 4.72 Å². The summed E-state index contributed by atoms with van der Waals surface area (Å²) in [6.45, 7) is 0.306. The molecule has 0 aliphatic heterocycles. The second-order valence-corrected chi connectivity index (χ2v) is 7.08. The number of nitro groups is 1. The first-order chi connectivity index (χ1) is 9.90. The molecule has 9 heteroatoms. The minimum absolute atomic E-state index is 0. The monoisotopic (exact) mass is 349 g/mol. The molecule has 0 spiro atoms. The van der Waals surface area contributed by atoms with Gasteiger partial charge in [0.2, 0.25) is 10.0 Å². The summed E-state index contributed by atoms with van der Waals surface area (Å²) in [5.41, 5.74) is 5.85. The Morgan fingerprint density at radius 2 is 1.82 bits per heavy atom. The molecule has 0 radical (unpaired) electrons. The predicted octanol–water partition coefficient (Wildman–Crippen LogP) is 1.81. The maximum Gasteiger partial charge on any atom is 0.269 e. The molecule has 22 heavy (non-hydrogen) atoms. The third kappa shape index (κ3) is 4.64. The average molecular weight is 350 g/mol. The molecule has 2 unspecified atom stereocenters. The van der Waals surface area contributed by atoms with Crippen molar-refractivity contribution >= 4 is 28.1 Å². The van der Waals surface area contributed by atoms with E-state index in [1.807, 2.05) is 0 Å². The molecule has 1 aliphatic carbocycles. The van der Waals surface area contributed by atoms with Crippen LogP contribution in [0.2, 0.25) is 0 Å². The minimum Gasteiger partial charge on any atom is -0.327 e. The Morgan fingerprint density at radius 3 is 2.36 bits per heavy atom. The molecule has 0 heterocycles. The summed E-state index contributed by atoms with van der Waals surface area (Å²) in [4.78, 5) is 10.0.